The van der Waals surface area contributed by atoms with Gasteiger partial charge in [-0.05, 0) is 19.8 Å². The number of nitrogens with one attached hydrogen (secondary N) is 2. The largest absolute Gasteiger partial charge is 0.481 e. The summed E-state index contributed by atoms with van der Waals surface area (Å²) in [5.41, 5.74) is 1.74. The van der Waals surface area contributed by atoms with Crippen LogP contribution in [0.5, 0.6) is 0 Å². The van der Waals surface area contributed by atoms with Gasteiger partial charge in [-0.2, -0.15) is 0 Å². The fourth-order valence-electron chi connectivity index (χ4n) is 1.85. The molecule has 1 aromatic heterocycles. The number of hydrogen-bond acceptors (Lipinski definition) is 4. The van der Waals surface area contributed by atoms with E-state index < -0.39 is 11.4 Å². The minimum Gasteiger partial charge on any atom is -0.481 e. The van der Waals surface area contributed by atoms with Crippen molar-refractivity contribution in [1.29, 1.82) is 0 Å². The topological polar surface area (TPSA) is 91.3 Å². The van der Waals surface area contributed by atoms with Gasteiger partial charge in [0.15, 0.2) is 0 Å². The molecule has 0 radical (unpaired) electrons. The van der Waals surface area contributed by atoms with E-state index in [0.717, 1.165) is 10.6 Å². The molecule has 0 aliphatic carbocycles. The number of aryl methyl sites for hydroxylation is 1. The highest BCUT2D eigenvalue weighted by atomic mass is 32.1. The Hall–Kier alpha value is -1.63. The summed E-state index contributed by atoms with van der Waals surface area (Å²) in [4.78, 5) is 28.1. The normalized spacial score (nSPS) is 11.2. The molecule has 3 N–H and O–H groups in total. The molecule has 0 saturated carbocycles. The summed E-state index contributed by atoms with van der Waals surface area (Å²) < 4.78 is 0. The number of rotatable bonds is 7. The summed E-state index contributed by atoms with van der Waals surface area (Å²) in [6.07, 6.45) is 0.958. The lowest BCUT2D eigenvalue weighted by atomic mass is 9.82. The van der Waals surface area contributed by atoms with Gasteiger partial charge in [-0.3, -0.25) is 4.79 Å². The number of nitrogens with zero attached hydrogens (tertiary/aromatic N) is 1. The summed E-state index contributed by atoms with van der Waals surface area (Å²) in [6.45, 7) is 6.05. The molecule has 1 heterocycles. The summed E-state index contributed by atoms with van der Waals surface area (Å²) in [6, 6.07) is -0.356. The van der Waals surface area contributed by atoms with Gasteiger partial charge in [-0.25, -0.2) is 9.78 Å². The van der Waals surface area contributed by atoms with E-state index >= 15 is 0 Å². The van der Waals surface area contributed by atoms with Gasteiger partial charge in [0.25, 0.3) is 0 Å². The molecule has 0 unspecified atom stereocenters. The molecule has 0 spiro atoms. The summed E-state index contributed by atoms with van der Waals surface area (Å²) in [5.74, 6) is -0.874. The first-order valence-corrected chi connectivity index (χ1v) is 7.47. The fourth-order valence-corrected chi connectivity index (χ4v) is 2.56. The average Bonchev–Trinajstić information content (AvgIpc) is 2.83. The van der Waals surface area contributed by atoms with Crippen LogP contribution in [0.3, 0.4) is 0 Å². The molecule has 0 aromatic carbocycles. The number of aliphatic carboxylic acids is 1. The van der Waals surface area contributed by atoms with Gasteiger partial charge in [0.05, 0.1) is 23.2 Å². The standard InChI is InChI=1S/C13H21N3O3S/c1-4-13(5-2,11(17)18)7-15-12(19)14-6-10-9(3)16-8-20-10/h8H,4-7H2,1-3H3,(H,17,18)(H2,14,15,19). The number of carbonyl (C=O) groups excluding carboxylic acids is 1. The lowest BCUT2D eigenvalue weighted by Crippen LogP contribution is -2.45. The third kappa shape index (κ3) is 3.93. The maximum Gasteiger partial charge on any atom is 0.315 e. The van der Waals surface area contributed by atoms with Crippen LogP contribution in [0.15, 0.2) is 5.51 Å². The molecule has 1 aromatic rings. The zero-order valence-electron chi connectivity index (χ0n) is 12.0. The van der Waals surface area contributed by atoms with Gasteiger partial charge in [0.1, 0.15) is 0 Å². The van der Waals surface area contributed by atoms with Crippen LogP contribution in [0.4, 0.5) is 4.79 Å². The van der Waals surface area contributed by atoms with Gasteiger partial charge in [-0.1, -0.05) is 13.8 Å². The van der Waals surface area contributed by atoms with Crippen molar-refractivity contribution in [3.63, 3.8) is 0 Å². The lowest BCUT2D eigenvalue weighted by Gasteiger charge is -2.26. The van der Waals surface area contributed by atoms with Crippen LogP contribution >= 0.6 is 11.3 Å². The van der Waals surface area contributed by atoms with Crippen molar-refractivity contribution in [2.75, 3.05) is 6.54 Å². The van der Waals surface area contributed by atoms with E-state index in [1.807, 2.05) is 20.8 Å². The summed E-state index contributed by atoms with van der Waals surface area (Å²) in [7, 11) is 0. The lowest BCUT2D eigenvalue weighted by molar-refractivity contribution is -0.149. The second kappa shape index (κ2) is 7.23. The van der Waals surface area contributed by atoms with Crippen molar-refractivity contribution >= 4 is 23.3 Å². The van der Waals surface area contributed by atoms with Crippen molar-refractivity contribution in [1.82, 2.24) is 15.6 Å². The van der Waals surface area contributed by atoms with E-state index in [1.165, 1.54) is 11.3 Å². The van der Waals surface area contributed by atoms with Crippen LogP contribution in [0, 0.1) is 12.3 Å². The second-order valence-electron chi connectivity index (χ2n) is 4.69. The molecule has 0 aliphatic heterocycles. The van der Waals surface area contributed by atoms with Crippen molar-refractivity contribution < 1.29 is 14.7 Å². The number of urea groups is 1. The summed E-state index contributed by atoms with van der Waals surface area (Å²) >= 11 is 1.48. The van der Waals surface area contributed by atoms with Crippen LogP contribution in [-0.2, 0) is 11.3 Å². The van der Waals surface area contributed by atoms with Crippen LogP contribution in [0.25, 0.3) is 0 Å². The number of amides is 2. The SMILES string of the molecule is CCC(CC)(CNC(=O)NCc1scnc1C)C(=O)O. The fraction of sp³-hybridized carbons (Fsp3) is 0.615. The zero-order chi connectivity index (χ0) is 15.2. The van der Waals surface area contributed by atoms with Gasteiger partial charge >= 0.3 is 12.0 Å². The maximum absolute atomic E-state index is 11.7. The number of carbonyl (C=O) groups is 2. The Kier molecular flexibility index (Phi) is 5.94. The van der Waals surface area contributed by atoms with E-state index in [-0.39, 0.29) is 12.6 Å². The number of thiazole rings is 1. The molecule has 2 amide bonds. The highest BCUT2D eigenvalue weighted by Crippen LogP contribution is 2.25. The molecule has 0 atom stereocenters. The highest BCUT2D eigenvalue weighted by Gasteiger charge is 2.35. The minimum atomic E-state index is -0.891. The molecule has 0 fully saturated rings. The first kappa shape index (κ1) is 16.4. The number of carboxylic acids is 1. The maximum atomic E-state index is 11.7. The van der Waals surface area contributed by atoms with Crippen LogP contribution in [0.2, 0.25) is 0 Å². The van der Waals surface area contributed by atoms with Gasteiger partial charge in [0, 0.05) is 11.4 Å². The van der Waals surface area contributed by atoms with Crippen molar-refractivity contribution in [2.24, 2.45) is 5.41 Å². The van der Waals surface area contributed by atoms with Crippen molar-refractivity contribution in [3.8, 4) is 0 Å². The monoisotopic (exact) mass is 299 g/mol. The first-order chi connectivity index (χ1) is 9.45. The van der Waals surface area contributed by atoms with E-state index in [9.17, 15) is 14.7 Å². The molecule has 1 rings (SSSR count). The molecule has 20 heavy (non-hydrogen) atoms. The van der Waals surface area contributed by atoms with Crippen LogP contribution in [0.1, 0.15) is 37.3 Å². The molecule has 0 aliphatic rings. The molecule has 6 nitrogen and oxygen atoms in total. The van der Waals surface area contributed by atoms with Gasteiger partial charge < -0.3 is 15.7 Å². The average molecular weight is 299 g/mol. The summed E-state index contributed by atoms with van der Waals surface area (Å²) in [5, 5.41) is 14.6. The van der Waals surface area contributed by atoms with Crippen molar-refractivity contribution in [2.45, 2.75) is 40.2 Å². The zero-order valence-corrected chi connectivity index (χ0v) is 12.8. The van der Waals surface area contributed by atoms with Gasteiger partial charge in [-0.15, -0.1) is 11.3 Å². The minimum absolute atomic E-state index is 0.128. The number of aromatic nitrogens is 1. The molecular formula is C13H21N3O3S. The third-order valence-electron chi connectivity index (χ3n) is 3.65. The van der Waals surface area contributed by atoms with Gasteiger partial charge in [0.2, 0.25) is 0 Å². The predicted molar refractivity (Wildman–Crippen MR) is 77.7 cm³/mol. The van der Waals surface area contributed by atoms with E-state index in [2.05, 4.69) is 15.6 Å². The second-order valence-corrected chi connectivity index (χ2v) is 5.63. The van der Waals surface area contributed by atoms with E-state index in [4.69, 9.17) is 0 Å². The van der Waals surface area contributed by atoms with Crippen molar-refractivity contribution in [3.05, 3.63) is 16.1 Å². The molecule has 7 heteroatoms. The highest BCUT2D eigenvalue weighted by molar-refractivity contribution is 7.09. The Morgan fingerprint density at radius 2 is 2.00 bits per heavy atom. The quantitative estimate of drug-likeness (QED) is 0.719. The number of carboxylic acid groups (broad SMARTS) is 1. The first-order valence-electron chi connectivity index (χ1n) is 6.59. The van der Waals surface area contributed by atoms with E-state index in [0.29, 0.717) is 19.4 Å². The smallest absolute Gasteiger partial charge is 0.315 e. The van der Waals surface area contributed by atoms with E-state index in [1.54, 1.807) is 5.51 Å². The molecular weight excluding hydrogens is 278 g/mol. The van der Waals surface area contributed by atoms with Crippen LogP contribution < -0.4 is 10.6 Å². The number of hydrogen-bond donors (Lipinski definition) is 3. The Bertz CT molecular complexity index is 469. The predicted octanol–water partition coefficient (Wildman–Crippen LogP) is 2.14. The Balaban J connectivity index is 2.46. The Morgan fingerprint density at radius 3 is 2.45 bits per heavy atom. The molecule has 112 valence electrons. The van der Waals surface area contributed by atoms with Crippen LogP contribution in [-0.4, -0.2) is 28.6 Å². The Morgan fingerprint density at radius 1 is 1.35 bits per heavy atom. The molecule has 0 bridgehead atoms. The third-order valence-corrected chi connectivity index (χ3v) is 4.58. The Labute approximate surface area is 122 Å². The molecule has 0 saturated heterocycles.